The molecule has 0 radical (unpaired) electrons. The van der Waals surface area contributed by atoms with E-state index in [-0.39, 0.29) is 23.7 Å². The van der Waals surface area contributed by atoms with Gasteiger partial charge in [0.25, 0.3) is 5.91 Å². The van der Waals surface area contributed by atoms with Crippen molar-refractivity contribution < 1.29 is 9.18 Å². The molecule has 2 aromatic heterocycles. The van der Waals surface area contributed by atoms with Crippen LogP contribution in [0.25, 0.3) is 11.0 Å². The highest BCUT2D eigenvalue weighted by Crippen LogP contribution is 2.34. The Morgan fingerprint density at radius 1 is 1.00 bits per heavy atom. The van der Waals surface area contributed by atoms with Gasteiger partial charge >= 0.3 is 0 Å². The highest BCUT2D eigenvalue weighted by molar-refractivity contribution is 6.05. The predicted molar refractivity (Wildman–Crippen MR) is 164 cm³/mol. The molecule has 1 saturated heterocycles. The van der Waals surface area contributed by atoms with E-state index in [2.05, 4.69) is 33.9 Å². The first kappa shape index (κ1) is 27.3. The van der Waals surface area contributed by atoms with Crippen LogP contribution in [0.1, 0.15) is 66.1 Å². The number of halogens is 1. The lowest BCUT2D eigenvalue weighted by Crippen LogP contribution is -2.38. The minimum Gasteiger partial charge on any atom is -0.355 e. The van der Waals surface area contributed by atoms with E-state index in [4.69, 9.17) is 10.4 Å². The van der Waals surface area contributed by atoms with Gasteiger partial charge in [-0.1, -0.05) is 24.3 Å². The summed E-state index contributed by atoms with van der Waals surface area (Å²) in [5, 5.41) is 11.5. The molecule has 0 saturated carbocycles. The number of carbonyl (C=O) groups excluding carboxylic acids is 1. The molecule has 7 nitrogen and oxygen atoms in total. The second-order valence-electron chi connectivity index (χ2n) is 10.8. The highest BCUT2D eigenvalue weighted by Gasteiger charge is 2.30. The number of pyridine rings is 1. The van der Waals surface area contributed by atoms with Crippen molar-refractivity contribution in [1.29, 1.82) is 5.41 Å². The lowest BCUT2D eigenvalue weighted by Gasteiger charge is -2.33. The van der Waals surface area contributed by atoms with Crippen molar-refractivity contribution in [2.45, 2.75) is 38.6 Å². The van der Waals surface area contributed by atoms with Crippen molar-refractivity contribution in [3.63, 3.8) is 0 Å². The summed E-state index contributed by atoms with van der Waals surface area (Å²) in [5.41, 5.74) is 5.76. The number of hydrogen-bond donors (Lipinski definition) is 2. The number of nitrogens with zero attached hydrogens (tertiary/aromatic N) is 4. The third-order valence-electron chi connectivity index (χ3n) is 8.05. The lowest BCUT2D eigenvalue weighted by atomic mass is 9.94. The maximum Gasteiger partial charge on any atom is 0.253 e. The molecule has 212 valence electrons. The monoisotopic (exact) mass is 560 g/mol. The van der Waals surface area contributed by atoms with E-state index < -0.39 is 0 Å². The minimum absolute atomic E-state index is 0.0237. The summed E-state index contributed by atoms with van der Waals surface area (Å²) in [6.07, 6.45) is 3.43. The minimum atomic E-state index is -0.343. The normalized spacial score (nSPS) is 14.6. The van der Waals surface area contributed by atoms with Gasteiger partial charge in [0, 0.05) is 53.4 Å². The van der Waals surface area contributed by atoms with Gasteiger partial charge < -0.3 is 20.2 Å². The van der Waals surface area contributed by atoms with Crippen molar-refractivity contribution in [3.8, 4) is 0 Å². The van der Waals surface area contributed by atoms with Crippen LogP contribution in [0.15, 0.2) is 91.1 Å². The first-order valence-electron chi connectivity index (χ1n) is 14.3. The maximum atomic E-state index is 13.7. The van der Waals surface area contributed by atoms with E-state index in [0.29, 0.717) is 41.3 Å². The molecule has 2 N–H and O–H groups in total. The number of amides is 1. The first-order valence-corrected chi connectivity index (χ1v) is 14.3. The fourth-order valence-corrected chi connectivity index (χ4v) is 5.86. The molecule has 3 heterocycles. The molecular formula is C34H33FN6O. The Hall–Kier alpha value is -4.85. The van der Waals surface area contributed by atoms with Crippen LogP contribution in [-0.4, -0.2) is 44.1 Å². The molecule has 5 aromatic rings. The first-order chi connectivity index (χ1) is 20.4. The Bertz CT molecular complexity index is 1760. The van der Waals surface area contributed by atoms with Crippen molar-refractivity contribution in [2.24, 2.45) is 0 Å². The van der Waals surface area contributed by atoms with Crippen LogP contribution in [0.3, 0.4) is 0 Å². The second-order valence-corrected chi connectivity index (χ2v) is 10.8. The highest BCUT2D eigenvalue weighted by atomic mass is 19.1. The van der Waals surface area contributed by atoms with Gasteiger partial charge in [-0.2, -0.15) is 0 Å². The fourth-order valence-electron chi connectivity index (χ4n) is 5.86. The number of aromatic nitrogens is 3. The van der Waals surface area contributed by atoms with E-state index in [0.717, 1.165) is 35.4 Å². The smallest absolute Gasteiger partial charge is 0.253 e. The van der Waals surface area contributed by atoms with Crippen molar-refractivity contribution in [2.75, 3.05) is 18.4 Å². The molecule has 3 aromatic carbocycles. The summed E-state index contributed by atoms with van der Waals surface area (Å²) >= 11 is 0. The number of nitrogens with one attached hydrogen (secondary N) is 2. The molecule has 42 heavy (non-hydrogen) atoms. The average molecular weight is 561 g/mol. The number of likely N-dealkylation sites (tertiary alicyclic amines) is 1. The molecule has 1 amide bonds. The molecule has 1 fully saturated rings. The van der Waals surface area contributed by atoms with E-state index in [1.165, 1.54) is 12.1 Å². The molecular weight excluding hydrogens is 527 g/mol. The van der Waals surface area contributed by atoms with Crippen LogP contribution >= 0.6 is 0 Å². The zero-order valence-electron chi connectivity index (χ0n) is 23.7. The summed E-state index contributed by atoms with van der Waals surface area (Å²) in [6, 6.07) is 25.7. The van der Waals surface area contributed by atoms with Crippen LogP contribution < -0.4 is 5.32 Å². The number of anilines is 2. The van der Waals surface area contributed by atoms with Gasteiger partial charge in [-0.05, 0) is 87.4 Å². The average Bonchev–Trinajstić information content (AvgIpc) is 3.40. The quantitative estimate of drug-likeness (QED) is 0.204. The molecule has 8 heteroatoms. The standard InChI is InChI=1S/C34H33FN6O/c1-22(36)28-20-25(13-14-30(28)38-27-9-7-8-26(35)21-27)34(42)40-18-15-24(16-19-40)33-39-31-11-3-4-12-32(31)41(33)23(2)29-10-5-6-17-37-29/h3-14,17,20-21,23-24,36,38H,15-16,18-19H2,1-2H3. The Morgan fingerprint density at radius 3 is 2.52 bits per heavy atom. The van der Waals surface area contributed by atoms with E-state index >= 15 is 0 Å². The van der Waals surface area contributed by atoms with Gasteiger partial charge in [0.05, 0.1) is 22.8 Å². The molecule has 0 bridgehead atoms. The third kappa shape index (κ3) is 5.40. The number of para-hydroxylation sites is 2. The molecule has 1 aliphatic rings. The molecule has 1 aliphatic heterocycles. The summed E-state index contributed by atoms with van der Waals surface area (Å²) in [5.74, 6) is 0.856. The lowest BCUT2D eigenvalue weighted by molar-refractivity contribution is 0.0710. The van der Waals surface area contributed by atoms with Gasteiger partial charge in [-0.25, -0.2) is 9.37 Å². The van der Waals surface area contributed by atoms with Crippen molar-refractivity contribution in [3.05, 3.63) is 120 Å². The Labute approximate surface area is 244 Å². The predicted octanol–water partition coefficient (Wildman–Crippen LogP) is 7.33. The van der Waals surface area contributed by atoms with Gasteiger partial charge in [0.15, 0.2) is 0 Å². The largest absolute Gasteiger partial charge is 0.355 e. The zero-order valence-corrected chi connectivity index (χ0v) is 23.7. The number of hydrogen-bond acceptors (Lipinski definition) is 5. The van der Waals surface area contributed by atoms with Crippen LogP contribution in [0.4, 0.5) is 15.8 Å². The summed E-state index contributed by atoms with van der Waals surface area (Å²) in [6.45, 7) is 5.08. The number of fused-ring (bicyclic) bond motifs is 1. The van der Waals surface area contributed by atoms with Crippen LogP contribution in [0.5, 0.6) is 0 Å². The van der Waals surface area contributed by atoms with E-state index in [1.54, 1.807) is 37.3 Å². The van der Waals surface area contributed by atoms with Crippen LogP contribution in [0.2, 0.25) is 0 Å². The second kappa shape index (κ2) is 11.6. The Kier molecular flexibility index (Phi) is 7.52. The number of imidazole rings is 1. The van der Waals surface area contributed by atoms with Gasteiger partial charge in [-0.3, -0.25) is 9.78 Å². The van der Waals surface area contributed by atoms with Crippen LogP contribution in [0, 0.1) is 11.2 Å². The van der Waals surface area contributed by atoms with Gasteiger partial charge in [0.2, 0.25) is 0 Å². The topological polar surface area (TPSA) is 86.9 Å². The fraction of sp³-hybridized carbons (Fsp3) is 0.235. The van der Waals surface area contributed by atoms with E-state index in [1.807, 2.05) is 41.4 Å². The van der Waals surface area contributed by atoms with Crippen LogP contribution in [-0.2, 0) is 0 Å². The molecule has 1 unspecified atom stereocenters. The molecule has 0 aliphatic carbocycles. The number of carbonyl (C=O) groups is 1. The van der Waals surface area contributed by atoms with E-state index in [9.17, 15) is 9.18 Å². The molecule has 0 spiro atoms. The number of piperidine rings is 1. The Balaban J connectivity index is 1.21. The number of rotatable bonds is 7. The molecule has 1 atom stereocenters. The Morgan fingerprint density at radius 2 is 1.79 bits per heavy atom. The zero-order chi connectivity index (χ0) is 29.2. The maximum absolute atomic E-state index is 13.7. The van der Waals surface area contributed by atoms with Gasteiger partial charge in [-0.15, -0.1) is 0 Å². The summed E-state index contributed by atoms with van der Waals surface area (Å²) < 4.78 is 16.0. The molecule has 6 rings (SSSR count). The van der Waals surface area contributed by atoms with Crippen molar-refractivity contribution >= 4 is 34.0 Å². The summed E-state index contributed by atoms with van der Waals surface area (Å²) in [7, 11) is 0. The summed E-state index contributed by atoms with van der Waals surface area (Å²) in [4.78, 5) is 25.2. The van der Waals surface area contributed by atoms with Crippen molar-refractivity contribution in [1.82, 2.24) is 19.4 Å². The number of benzene rings is 3. The van der Waals surface area contributed by atoms with Gasteiger partial charge in [0.1, 0.15) is 11.6 Å². The SMILES string of the molecule is CC(=N)c1cc(C(=O)N2CCC(c3nc4ccccc4n3C(C)c3ccccn3)CC2)ccc1Nc1cccc(F)c1. The third-order valence-corrected chi connectivity index (χ3v) is 8.05.